The van der Waals surface area contributed by atoms with E-state index >= 15 is 0 Å². The van der Waals surface area contributed by atoms with Gasteiger partial charge < -0.3 is 16.0 Å². The predicted molar refractivity (Wildman–Crippen MR) is 175 cm³/mol. The number of aryl methyl sites for hydroxylation is 2. The number of carbonyl (C=O) groups is 3. The zero-order valence-electron chi connectivity index (χ0n) is 24.5. The maximum Gasteiger partial charge on any atom is 0.272 e. The summed E-state index contributed by atoms with van der Waals surface area (Å²) in [4.78, 5) is 50.8. The molecule has 9 nitrogen and oxygen atoms in total. The molecule has 3 amide bonds. The van der Waals surface area contributed by atoms with Crippen LogP contribution < -0.4 is 16.0 Å². The summed E-state index contributed by atoms with van der Waals surface area (Å²) >= 11 is 1.34. The molecule has 0 spiro atoms. The van der Waals surface area contributed by atoms with E-state index in [1.54, 1.807) is 61.5 Å². The molecular weight excluding hydrogens is 576 g/mol. The van der Waals surface area contributed by atoms with Crippen LogP contribution in [0.5, 0.6) is 0 Å². The van der Waals surface area contributed by atoms with E-state index in [4.69, 9.17) is 0 Å². The normalized spacial score (nSPS) is 11.8. The summed E-state index contributed by atoms with van der Waals surface area (Å²) in [6.07, 6.45) is 2.14. The van der Waals surface area contributed by atoms with Gasteiger partial charge in [0.05, 0.1) is 10.2 Å². The number of nitrogens with zero attached hydrogens (tertiary/aromatic N) is 1. The first-order chi connectivity index (χ1) is 21.1. The molecular formula is C34H32N4O5S. The lowest BCUT2D eigenvalue weighted by molar-refractivity contribution is -0.384. The highest BCUT2D eigenvalue weighted by Crippen LogP contribution is 2.30. The molecule has 44 heavy (non-hydrogen) atoms. The smallest absolute Gasteiger partial charge is 0.272 e. The first-order valence-electron chi connectivity index (χ1n) is 13.9. The molecule has 0 radical (unpaired) electrons. The number of carbonyl (C=O) groups excluding carboxylic acids is 3. The van der Waals surface area contributed by atoms with Crippen molar-refractivity contribution in [2.45, 2.75) is 37.3 Å². The summed E-state index contributed by atoms with van der Waals surface area (Å²) in [6.45, 7) is 5.56. The standard InChI is InChI=1S/C34H32N4O5S/c1-4-31(34(41)36-29-18-17-27(38(42)43)19-23(29)3)44-28-12-8-11-26(21-28)35-33(40)30(20-24-15-13-22(2)14-16-24)37-32(39)25-9-6-5-7-10-25/h5-21,31H,4H2,1-3H3,(H,35,40)(H,36,41)(H,37,39)/b30-20-. The second-order valence-electron chi connectivity index (χ2n) is 10.0. The van der Waals surface area contributed by atoms with Crippen LogP contribution in [0.2, 0.25) is 0 Å². The molecule has 224 valence electrons. The average molecular weight is 609 g/mol. The van der Waals surface area contributed by atoms with Crippen LogP contribution in [0, 0.1) is 24.0 Å². The van der Waals surface area contributed by atoms with Crippen LogP contribution in [0.3, 0.4) is 0 Å². The van der Waals surface area contributed by atoms with Crippen LogP contribution in [0.1, 0.15) is 40.4 Å². The van der Waals surface area contributed by atoms with E-state index in [0.29, 0.717) is 28.9 Å². The number of hydrogen-bond donors (Lipinski definition) is 3. The average Bonchev–Trinajstić information content (AvgIpc) is 3.02. The van der Waals surface area contributed by atoms with Crippen molar-refractivity contribution < 1.29 is 19.3 Å². The first kappa shape index (κ1) is 31.7. The summed E-state index contributed by atoms with van der Waals surface area (Å²) in [5.41, 5.74) is 3.85. The summed E-state index contributed by atoms with van der Waals surface area (Å²) in [6, 6.07) is 27.6. The number of nitrogens with one attached hydrogen (secondary N) is 3. The number of benzene rings is 4. The first-order valence-corrected chi connectivity index (χ1v) is 14.8. The quantitative estimate of drug-likeness (QED) is 0.0719. The van der Waals surface area contributed by atoms with Gasteiger partial charge >= 0.3 is 0 Å². The van der Waals surface area contributed by atoms with Crippen LogP contribution in [0.4, 0.5) is 17.1 Å². The van der Waals surface area contributed by atoms with Gasteiger partial charge in [0.2, 0.25) is 5.91 Å². The molecule has 0 saturated carbocycles. The number of thioether (sulfide) groups is 1. The summed E-state index contributed by atoms with van der Waals surface area (Å²) < 4.78 is 0. The van der Waals surface area contributed by atoms with Gasteiger partial charge in [-0.3, -0.25) is 24.5 Å². The van der Waals surface area contributed by atoms with Gasteiger partial charge in [0, 0.05) is 34.0 Å². The molecule has 0 bridgehead atoms. The van der Waals surface area contributed by atoms with Crippen molar-refractivity contribution in [2.24, 2.45) is 0 Å². The lowest BCUT2D eigenvalue weighted by Crippen LogP contribution is -2.30. The van der Waals surface area contributed by atoms with E-state index in [2.05, 4.69) is 16.0 Å². The number of amides is 3. The minimum absolute atomic E-state index is 0.0442. The van der Waals surface area contributed by atoms with Crippen molar-refractivity contribution in [3.05, 3.63) is 135 Å². The summed E-state index contributed by atoms with van der Waals surface area (Å²) in [5, 5.41) is 19.1. The Labute approximate surface area is 259 Å². The van der Waals surface area contributed by atoms with E-state index in [-0.39, 0.29) is 17.3 Å². The number of non-ortho nitro benzene ring substituents is 1. The molecule has 4 aromatic rings. The highest BCUT2D eigenvalue weighted by Gasteiger charge is 2.20. The Hall–Kier alpha value is -5.22. The SMILES string of the molecule is CCC(Sc1cccc(NC(=O)/C(=C/c2ccc(C)cc2)NC(=O)c2ccccc2)c1)C(=O)Nc1ccc([N+](=O)[O-])cc1C. The highest BCUT2D eigenvalue weighted by molar-refractivity contribution is 8.00. The van der Waals surface area contributed by atoms with Crippen LogP contribution in [-0.4, -0.2) is 27.9 Å². The lowest BCUT2D eigenvalue weighted by atomic mass is 10.1. The zero-order valence-corrected chi connectivity index (χ0v) is 25.3. The van der Waals surface area contributed by atoms with E-state index in [1.807, 2.05) is 44.2 Å². The van der Waals surface area contributed by atoms with Gasteiger partial charge in [-0.15, -0.1) is 11.8 Å². The molecule has 1 atom stereocenters. The molecule has 1 unspecified atom stereocenters. The fourth-order valence-corrected chi connectivity index (χ4v) is 5.23. The maximum atomic E-state index is 13.4. The number of nitro groups is 1. The van der Waals surface area contributed by atoms with Gasteiger partial charge in [-0.2, -0.15) is 0 Å². The minimum atomic E-state index is -0.504. The molecule has 10 heteroatoms. The van der Waals surface area contributed by atoms with Gasteiger partial charge in [-0.25, -0.2) is 0 Å². The van der Waals surface area contributed by atoms with Gasteiger partial charge in [-0.1, -0.05) is 61.0 Å². The third-order valence-corrected chi connectivity index (χ3v) is 7.99. The molecule has 0 saturated heterocycles. The fraction of sp³-hybridized carbons (Fsp3) is 0.147. The van der Waals surface area contributed by atoms with Crippen molar-refractivity contribution in [1.29, 1.82) is 0 Å². The number of nitro benzene ring substituents is 1. The molecule has 0 heterocycles. The number of hydrogen-bond acceptors (Lipinski definition) is 6. The Balaban J connectivity index is 1.49. The molecule has 3 N–H and O–H groups in total. The van der Waals surface area contributed by atoms with Crippen molar-refractivity contribution in [2.75, 3.05) is 10.6 Å². The van der Waals surface area contributed by atoms with E-state index in [9.17, 15) is 24.5 Å². The van der Waals surface area contributed by atoms with Crippen molar-refractivity contribution in [1.82, 2.24) is 5.32 Å². The number of rotatable bonds is 11. The zero-order chi connectivity index (χ0) is 31.6. The Kier molecular flexibility index (Phi) is 10.7. The molecule has 4 aromatic carbocycles. The summed E-state index contributed by atoms with van der Waals surface area (Å²) in [5.74, 6) is -1.16. The van der Waals surface area contributed by atoms with Crippen LogP contribution in [-0.2, 0) is 9.59 Å². The minimum Gasteiger partial charge on any atom is -0.325 e. The predicted octanol–water partition coefficient (Wildman–Crippen LogP) is 7.13. The molecule has 0 aliphatic heterocycles. The van der Waals surface area contributed by atoms with E-state index < -0.39 is 22.0 Å². The highest BCUT2D eigenvalue weighted by atomic mass is 32.2. The van der Waals surface area contributed by atoms with Gasteiger partial charge in [0.25, 0.3) is 17.5 Å². The van der Waals surface area contributed by atoms with Crippen molar-refractivity contribution >= 4 is 52.6 Å². The fourth-order valence-electron chi connectivity index (χ4n) is 4.22. The Morgan fingerprint density at radius 2 is 1.61 bits per heavy atom. The third kappa shape index (κ3) is 8.65. The largest absolute Gasteiger partial charge is 0.325 e. The van der Waals surface area contributed by atoms with E-state index in [1.165, 1.54) is 30.0 Å². The second-order valence-corrected chi connectivity index (χ2v) is 11.3. The molecule has 0 fully saturated rings. The van der Waals surface area contributed by atoms with Crippen LogP contribution in [0.25, 0.3) is 6.08 Å². The lowest BCUT2D eigenvalue weighted by Gasteiger charge is -2.17. The number of anilines is 2. The van der Waals surface area contributed by atoms with E-state index in [0.717, 1.165) is 16.0 Å². The Morgan fingerprint density at radius 1 is 0.886 bits per heavy atom. The van der Waals surface area contributed by atoms with Crippen molar-refractivity contribution in [3.8, 4) is 0 Å². The molecule has 0 aliphatic carbocycles. The van der Waals surface area contributed by atoms with Crippen LogP contribution in [0.15, 0.2) is 108 Å². The molecule has 0 aromatic heterocycles. The molecule has 4 rings (SSSR count). The van der Waals surface area contributed by atoms with Crippen molar-refractivity contribution in [3.63, 3.8) is 0 Å². The second kappa shape index (κ2) is 14.8. The Morgan fingerprint density at radius 3 is 2.27 bits per heavy atom. The van der Waals surface area contributed by atoms with Gasteiger partial charge in [-0.05, 0) is 73.9 Å². The molecule has 0 aliphatic rings. The maximum absolute atomic E-state index is 13.4. The van der Waals surface area contributed by atoms with Crippen LogP contribution >= 0.6 is 11.8 Å². The topological polar surface area (TPSA) is 130 Å². The summed E-state index contributed by atoms with van der Waals surface area (Å²) in [7, 11) is 0. The monoisotopic (exact) mass is 608 g/mol. The van der Waals surface area contributed by atoms with Gasteiger partial charge in [0.1, 0.15) is 5.70 Å². The Bertz CT molecular complexity index is 1700. The third-order valence-electron chi connectivity index (χ3n) is 6.63. The van der Waals surface area contributed by atoms with Gasteiger partial charge in [0.15, 0.2) is 0 Å².